The van der Waals surface area contributed by atoms with E-state index in [-0.39, 0.29) is 0 Å². The number of rotatable bonds is 4. The molecule has 2 rings (SSSR count). The van der Waals surface area contributed by atoms with Gasteiger partial charge in [0.25, 0.3) is 0 Å². The third-order valence-electron chi connectivity index (χ3n) is 3.46. The molecule has 0 heterocycles. The fourth-order valence-corrected chi connectivity index (χ4v) is 3.54. The van der Waals surface area contributed by atoms with Crippen molar-refractivity contribution >= 4 is 17.9 Å². The number of benzene rings is 1. The van der Waals surface area contributed by atoms with Crippen molar-refractivity contribution in [2.75, 3.05) is 12.8 Å². The number of hydrogen-bond donors (Lipinski definition) is 1. The largest absolute Gasteiger partial charge is 0.412 e. The summed E-state index contributed by atoms with van der Waals surface area (Å²) in [6, 6.07) is 7.74. The fraction of sp³-hybridized carbons (Fsp3) is 0.533. The number of nitrogens with one attached hydrogen (secondary N) is 1. The van der Waals surface area contributed by atoms with E-state index in [1.54, 1.807) is 18.8 Å². The number of ether oxygens (including phenoxy) is 1. The molecule has 104 valence electrons. The van der Waals surface area contributed by atoms with Crippen LogP contribution in [0, 0.1) is 5.92 Å². The second-order valence-electron chi connectivity index (χ2n) is 4.90. The van der Waals surface area contributed by atoms with Crippen LogP contribution < -0.4 is 10.1 Å². The first-order valence-corrected chi connectivity index (χ1v) is 7.89. The van der Waals surface area contributed by atoms with Gasteiger partial charge in [0.05, 0.1) is 4.90 Å². The molecule has 19 heavy (non-hydrogen) atoms. The van der Waals surface area contributed by atoms with Crippen LogP contribution in [0.5, 0.6) is 5.75 Å². The molecule has 1 N–H and O–H groups in total. The summed E-state index contributed by atoms with van der Waals surface area (Å²) in [6.45, 7) is 0. The molecule has 0 atom stereocenters. The molecule has 4 heteroatoms. The first-order valence-electron chi connectivity index (χ1n) is 6.91. The van der Waals surface area contributed by atoms with Crippen LogP contribution in [-0.4, -0.2) is 18.9 Å². The SMILES string of the molecule is CNC(=O)Oc1ccccc1SCC1CCCCC1. The van der Waals surface area contributed by atoms with E-state index in [4.69, 9.17) is 4.74 Å². The predicted molar refractivity (Wildman–Crippen MR) is 78.8 cm³/mol. The molecule has 1 aliphatic carbocycles. The van der Waals surface area contributed by atoms with Crippen LogP contribution in [0.4, 0.5) is 4.79 Å². The van der Waals surface area contributed by atoms with Gasteiger partial charge in [0.1, 0.15) is 5.75 Å². The zero-order valence-corrected chi connectivity index (χ0v) is 12.2. The van der Waals surface area contributed by atoms with E-state index in [1.807, 2.05) is 24.3 Å². The molecule has 0 unspecified atom stereocenters. The number of hydrogen-bond acceptors (Lipinski definition) is 3. The number of carbonyl (C=O) groups excluding carboxylic acids is 1. The Morgan fingerprint density at radius 1 is 1.32 bits per heavy atom. The number of thioether (sulfide) groups is 1. The summed E-state index contributed by atoms with van der Waals surface area (Å²) in [5, 5.41) is 2.48. The zero-order valence-electron chi connectivity index (χ0n) is 11.4. The molecule has 3 nitrogen and oxygen atoms in total. The van der Waals surface area contributed by atoms with Crippen LogP contribution in [0.3, 0.4) is 0 Å². The molecule has 0 radical (unpaired) electrons. The second-order valence-corrected chi connectivity index (χ2v) is 5.96. The Morgan fingerprint density at radius 3 is 2.79 bits per heavy atom. The minimum atomic E-state index is -0.411. The van der Waals surface area contributed by atoms with Gasteiger partial charge in [-0.3, -0.25) is 0 Å². The Balaban J connectivity index is 1.93. The van der Waals surface area contributed by atoms with Crippen molar-refractivity contribution in [2.24, 2.45) is 5.92 Å². The quantitative estimate of drug-likeness (QED) is 0.844. The van der Waals surface area contributed by atoms with Gasteiger partial charge in [0.15, 0.2) is 0 Å². The standard InChI is InChI=1S/C15H21NO2S/c1-16-15(17)18-13-9-5-6-10-14(13)19-11-12-7-3-2-4-8-12/h5-6,9-10,12H,2-4,7-8,11H2,1H3,(H,16,17). The first kappa shape index (κ1) is 14.3. The van der Waals surface area contributed by atoms with E-state index >= 15 is 0 Å². The fourth-order valence-electron chi connectivity index (χ4n) is 2.37. The van der Waals surface area contributed by atoms with Gasteiger partial charge in [0, 0.05) is 12.8 Å². The Bertz CT molecular complexity index is 416. The van der Waals surface area contributed by atoms with E-state index in [0.717, 1.165) is 16.6 Å². The third kappa shape index (κ3) is 4.46. The van der Waals surface area contributed by atoms with Gasteiger partial charge < -0.3 is 10.1 Å². The van der Waals surface area contributed by atoms with Crippen molar-refractivity contribution < 1.29 is 9.53 Å². The van der Waals surface area contributed by atoms with Crippen molar-refractivity contribution in [3.8, 4) is 5.75 Å². The van der Waals surface area contributed by atoms with E-state index in [0.29, 0.717) is 5.75 Å². The van der Waals surface area contributed by atoms with Crippen LogP contribution in [0.2, 0.25) is 0 Å². The Morgan fingerprint density at radius 2 is 2.05 bits per heavy atom. The Hall–Kier alpha value is -1.16. The summed E-state index contributed by atoms with van der Waals surface area (Å²) < 4.78 is 5.26. The molecule has 0 spiro atoms. The molecule has 1 saturated carbocycles. The molecule has 1 aromatic rings. The molecule has 1 aliphatic rings. The van der Waals surface area contributed by atoms with Crippen molar-refractivity contribution in [3.05, 3.63) is 24.3 Å². The monoisotopic (exact) mass is 279 g/mol. The number of para-hydroxylation sites is 1. The summed E-state index contributed by atoms with van der Waals surface area (Å²) >= 11 is 1.80. The predicted octanol–water partition coefficient (Wildman–Crippen LogP) is 4.08. The number of amides is 1. The lowest BCUT2D eigenvalue weighted by Gasteiger charge is -2.21. The molecule has 0 saturated heterocycles. The maximum Gasteiger partial charge on any atom is 0.412 e. The molecule has 1 fully saturated rings. The minimum absolute atomic E-state index is 0.411. The zero-order chi connectivity index (χ0) is 13.5. The highest BCUT2D eigenvalue weighted by atomic mass is 32.2. The van der Waals surface area contributed by atoms with E-state index in [2.05, 4.69) is 5.32 Å². The molecular formula is C15H21NO2S. The molecule has 0 aliphatic heterocycles. The van der Waals surface area contributed by atoms with E-state index < -0.39 is 6.09 Å². The molecule has 1 amide bonds. The summed E-state index contributed by atoms with van der Waals surface area (Å²) in [5.41, 5.74) is 0. The summed E-state index contributed by atoms with van der Waals surface area (Å²) in [6.07, 6.45) is 6.38. The highest BCUT2D eigenvalue weighted by molar-refractivity contribution is 7.99. The maximum atomic E-state index is 11.3. The molecule has 1 aromatic carbocycles. The highest BCUT2D eigenvalue weighted by Gasteiger charge is 2.15. The van der Waals surface area contributed by atoms with Crippen LogP contribution in [0.15, 0.2) is 29.2 Å². The lowest BCUT2D eigenvalue weighted by Crippen LogP contribution is -2.22. The van der Waals surface area contributed by atoms with Crippen molar-refractivity contribution in [1.29, 1.82) is 0 Å². The smallest absolute Gasteiger partial charge is 0.409 e. The maximum absolute atomic E-state index is 11.3. The summed E-state index contributed by atoms with van der Waals surface area (Å²) in [4.78, 5) is 12.3. The third-order valence-corrected chi connectivity index (χ3v) is 4.74. The van der Waals surface area contributed by atoms with Crippen molar-refractivity contribution in [1.82, 2.24) is 5.32 Å². The normalized spacial score (nSPS) is 16.1. The number of carbonyl (C=O) groups is 1. The first-order chi connectivity index (χ1) is 9.29. The van der Waals surface area contributed by atoms with Crippen molar-refractivity contribution in [3.63, 3.8) is 0 Å². The van der Waals surface area contributed by atoms with Gasteiger partial charge in [-0.15, -0.1) is 11.8 Å². The average molecular weight is 279 g/mol. The average Bonchev–Trinajstić information content (AvgIpc) is 2.47. The molecule has 0 aromatic heterocycles. The summed E-state index contributed by atoms with van der Waals surface area (Å²) in [7, 11) is 1.57. The van der Waals surface area contributed by atoms with Gasteiger partial charge in [-0.2, -0.15) is 0 Å². The van der Waals surface area contributed by atoms with Crippen LogP contribution in [-0.2, 0) is 0 Å². The van der Waals surface area contributed by atoms with Crippen LogP contribution in [0.1, 0.15) is 32.1 Å². The van der Waals surface area contributed by atoms with E-state index in [1.165, 1.54) is 32.1 Å². The second kappa shape index (κ2) is 7.43. The van der Waals surface area contributed by atoms with E-state index in [9.17, 15) is 4.79 Å². The van der Waals surface area contributed by atoms with Gasteiger partial charge in [-0.05, 0) is 30.9 Å². The lowest BCUT2D eigenvalue weighted by molar-refractivity contribution is 0.202. The van der Waals surface area contributed by atoms with Crippen LogP contribution in [0.25, 0.3) is 0 Å². The van der Waals surface area contributed by atoms with Gasteiger partial charge in [0.2, 0.25) is 0 Å². The minimum Gasteiger partial charge on any atom is -0.409 e. The van der Waals surface area contributed by atoms with Gasteiger partial charge >= 0.3 is 6.09 Å². The summed E-state index contributed by atoms with van der Waals surface area (Å²) in [5.74, 6) is 2.59. The topological polar surface area (TPSA) is 38.3 Å². The van der Waals surface area contributed by atoms with Crippen molar-refractivity contribution in [2.45, 2.75) is 37.0 Å². The van der Waals surface area contributed by atoms with Gasteiger partial charge in [-0.25, -0.2) is 4.79 Å². The Labute approximate surface area is 119 Å². The molecular weight excluding hydrogens is 258 g/mol. The van der Waals surface area contributed by atoms with Crippen LogP contribution >= 0.6 is 11.8 Å². The Kier molecular flexibility index (Phi) is 5.58. The highest BCUT2D eigenvalue weighted by Crippen LogP contribution is 2.34. The van der Waals surface area contributed by atoms with Gasteiger partial charge in [-0.1, -0.05) is 31.4 Å². The molecule has 0 bridgehead atoms. The lowest BCUT2D eigenvalue weighted by atomic mass is 9.91.